The van der Waals surface area contributed by atoms with Crippen molar-refractivity contribution >= 4 is 33.3 Å². The van der Waals surface area contributed by atoms with Crippen LogP contribution >= 0.6 is 15.9 Å². The Hall–Kier alpha value is -2.34. The molecule has 0 spiro atoms. The second-order valence-electron chi connectivity index (χ2n) is 5.43. The molecule has 0 aliphatic carbocycles. The molecule has 0 aliphatic rings. The van der Waals surface area contributed by atoms with Crippen LogP contribution in [0.5, 0.6) is 11.5 Å². The highest BCUT2D eigenvalue weighted by Crippen LogP contribution is 2.37. The highest BCUT2D eigenvalue weighted by Gasteiger charge is 2.16. The number of nitrogens with one attached hydrogen (secondary N) is 1. The summed E-state index contributed by atoms with van der Waals surface area (Å²) in [5.74, 6) is 0.762. The van der Waals surface area contributed by atoms with E-state index in [2.05, 4.69) is 21.2 Å². The molecule has 0 saturated heterocycles. The lowest BCUT2D eigenvalue weighted by Gasteiger charge is -2.14. The van der Waals surface area contributed by atoms with Crippen molar-refractivity contribution in [3.63, 3.8) is 0 Å². The summed E-state index contributed by atoms with van der Waals surface area (Å²) in [6.07, 6.45) is 0.869. The summed E-state index contributed by atoms with van der Waals surface area (Å²) in [6, 6.07) is 10.1. The average Bonchev–Trinajstić information content (AvgIpc) is 2.60. The van der Waals surface area contributed by atoms with E-state index >= 15 is 0 Å². The van der Waals surface area contributed by atoms with E-state index in [-0.39, 0.29) is 11.7 Å². The zero-order chi connectivity index (χ0) is 18.4. The molecule has 0 heterocycles. The van der Waals surface area contributed by atoms with E-state index in [1.165, 1.54) is 14.0 Å². The molecule has 0 aliphatic heterocycles. The van der Waals surface area contributed by atoms with Gasteiger partial charge in [0.15, 0.2) is 17.3 Å². The molecule has 0 bridgehead atoms. The van der Waals surface area contributed by atoms with Gasteiger partial charge in [-0.05, 0) is 65.7 Å². The van der Waals surface area contributed by atoms with Crippen molar-refractivity contribution in [2.75, 3.05) is 19.0 Å². The maximum atomic E-state index is 12.5. The molecule has 0 saturated carbocycles. The molecular formula is C19H20BrNO4. The Morgan fingerprint density at radius 2 is 1.80 bits per heavy atom. The van der Waals surface area contributed by atoms with Crippen LogP contribution in [0.4, 0.5) is 5.69 Å². The number of hydrogen-bond acceptors (Lipinski definition) is 4. The third-order valence-electron chi connectivity index (χ3n) is 3.49. The third-order valence-corrected chi connectivity index (χ3v) is 4.08. The first-order valence-electron chi connectivity index (χ1n) is 7.89. The van der Waals surface area contributed by atoms with E-state index in [1.807, 2.05) is 6.92 Å². The zero-order valence-corrected chi connectivity index (χ0v) is 16.0. The van der Waals surface area contributed by atoms with Gasteiger partial charge in [-0.25, -0.2) is 0 Å². The Labute approximate surface area is 155 Å². The third kappa shape index (κ3) is 4.82. The quantitative estimate of drug-likeness (QED) is 0.677. The molecule has 2 aromatic rings. The smallest absolute Gasteiger partial charge is 0.255 e. The van der Waals surface area contributed by atoms with Crippen molar-refractivity contribution in [3.05, 3.63) is 52.0 Å². The highest BCUT2D eigenvalue weighted by molar-refractivity contribution is 9.10. The summed E-state index contributed by atoms with van der Waals surface area (Å²) in [6.45, 7) is 4.07. The van der Waals surface area contributed by atoms with Gasteiger partial charge in [0.2, 0.25) is 0 Å². The second-order valence-corrected chi connectivity index (χ2v) is 6.28. The summed E-state index contributed by atoms with van der Waals surface area (Å²) >= 11 is 3.43. The van der Waals surface area contributed by atoms with Crippen LogP contribution in [0.25, 0.3) is 0 Å². The van der Waals surface area contributed by atoms with Crippen molar-refractivity contribution in [3.8, 4) is 11.5 Å². The number of halogens is 1. The molecule has 5 nitrogen and oxygen atoms in total. The number of amides is 1. The minimum atomic E-state index is -0.281. The average molecular weight is 406 g/mol. The van der Waals surface area contributed by atoms with Crippen molar-refractivity contribution in [2.45, 2.75) is 20.3 Å². The lowest BCUT2D eigenvalue weighted by atomic mass is 10.1. The van der Waals surface area contributed by atoms with Gasteiger partial charge in [-0.3, -0.25) is 9.59 Å². The van der Waals surface area contributed by atoms with Gasteiger partial charge >= 0.3 is 0 Å². The molecule has 1 N–H and O–H groups in total. The molecule has 25 heavy (non-hydrogen) atoms. The van der Waals surface area contributed by atoms with E-state index in [0.29, 0.717) is 39.4 Å². The first-order valence-corrected chi connectivity index (χ1v) is 8.68. The van der Waals surface area contributed by atoms with Gasteiger partial charge in [-0.1, -0.05) is 6.92 Å². The molecule has 2 rings (SSSR count). The Bertz CT molecular complexity index is 772. The van der Waals surface area contributed by atoms with Gasteiger partial charge in [0.05, 0.1) is 18.2 Å². The molecule has 1 amide bonds. The van der Waals surface area contributed by atoms with Crippen molar-refractivity contribution in [1.29, 1.82) is 0 Å². The van der Waals surface area contributed by atoms with Crippen LogP contribution in [0.1, 0.15) is 41.0 Å². The van der Waals surface area contributed by atoms with E-state index in [0.717, 1.165) is 6.42 Å². The van der Waals surface area contributed by atoms with Crippen molar-refractivity contribution in [1.82, 2.24) is 0 Å². The number of hydrogen-bond donors (Lipinski definition) is 1. The van der Waals surface area contributed by atoms with Crippen LogP contribution in [0.3, 0.4) is 0 Å². The summed E-state index contributed by atoms with van der Waals surface area (Å²) in [7, 11) is 1.53. The summed E-state index contributed by atoms with van der Waals surface area (Å²) in [5.41, 5.74) is 1.64. The largest absolute Gasteiger partial charge is 0.493 e. The Morgan fingerprint density at radius 3 is 2.36 bits per heavy atom. The van der Waals surface area contributed by atoms with Crippen LogP contribution in [0.15, 0.2) is 40.9 Å². The maximum absolute atomic E-state index is 12.5. The summed E-state index contributed by atoms with van der Waals surface area (Å²) < 4.78 is 11.6. The van der Waals surface area contributed by atoms with E-state index in [4.69, 9.17) is 9.47 Å². The fraction of sp³-hybridized carbons (Fsp3) is 0.263. The number of ether oxygens (including phenoxy) is 2. The van der Waals surface area contributed by atoms with Gasteiger partial charge in [-0.2, -0.15) is 0 Å². The van der Waals surface area contributed by atoms with Gasteiger partial charge in [0, 0.05) is 16.8 Å². The molecular weight excluding hydrogens is 386 g/mol. The zero-order valence-electron chi connectivity index (χ0n) is 14.4. The minimum absolute atomic E-state index is 0.0192. The maximum Gasteiger partial charge on any atom is 0.255 e. The molecule has 0 aromatic heterocycles. The van der Waals surface area contributed by atoms with Crippen LogP contribution < -0.4 is 14.8 Å². The van der Waals surface area contributed by atoms with E-state index in [1.54, 1.807) is 36.4 Å². The van der Waals surface area contributed by atoms with Gasteiger partial charge in [0.1, 0.15) is 0 Å². The SMILES string of the molecule is CCCOc1c(Br)cc(C(=O)Nc2ccc(C(C)=O)cc2)cc1OC. The number of carbonyl (C=O) groups is 2. The highest BCUT2D eigenvalue weighted by atomic mass is 79.9. The van der Waals surface area contributed by atoms with Crippen LogP contribution in [-0.2, 0) is 0 Å². The Morgan fingerprint density at radius 1 is 1.12 bits per heavy atom. The predicted molar refractivity (Wildman–Crippen MR) is 101 cm³/mol. The lowest BCUT2D eigenvalue weighted by Crippen LogP contribution is -2.12. The first-order chi connectivity index (χ1) is 12.0. The number of carbonyl (C=O) groups excluding carboxylic acids is 2. The van der Waals surface area contributed by atoms with Gasteiger partial charge < -0.3 is 14.8 Å². The number of ketones is 1. The Kier molecular flexibility index (Phi) is 6.58. The number of anilines is 1. The molecule has 2 aromatic carbocycles. The van der Waals surface area contributed by atoms with Crippen molar-refractivity contribution < 1.29 is 19.1 Å². The molecule has 6 heteroatoms. The molecule has 132 valence electrons. The number of benzene rings is 2. The number of Topliss-reactive ketones (excluding diaryl/α,β-unsaturated/α-hetero) is 1. The van der Waals surface area contributed by atoms with E-state index in [9.17, 15) is 9.59 Å². The normalized spacial score (nSPS) is 10.2. The molecule has 0 radical (unpaired) electrons. The van der Waals surface area contributed by atoms with Crippen LogP contribution in [0, 0.1) is 0 Å². The summed E-state index contributed by atoms with van der Waals surface area (Å²) in [4.78, 5) is 23.8. The van der Waals surface area contributed by atoms with Gasteiger partial charge in [-0.15, -0.1) is 0 Å². The lowest BCUT2D eigenvalue weighted by molar-refractivity contribution is 0.101. The molecule has 0 atom stereocenters. The van der Waals surface area contributed by atoms with Crippen LogP contribution in [0.2, 0.25) is 0 Å². The first kappa shape index (κ1) is 19.0. The Balaban J connectivity index is 2.21. The van der Waals surface area contributed by atoms with Gasteiger partial charge in [0.25, 0.3) is 5.91 Å². The fourth-order valence-electron chi connectivity index (χ4n) is 2.19. The van der Waals surface area contributed by atoms with Crippen LogP contribution in [-0.4, -0.2) is 25.4 Å². The predicted octanol–water partition coefficient (Wildman–Crippen LogP) is 4.70. The number of rotatable bonds is 7. The van der Waals surface area contributed by atoms with Crippen molar-refractivity contribution in [2.24, 2.45) is 0 Å². The monoisotopic (exact) mass is 405 g/mol. The topological polar surface area (TPSA) is 64.6 Å². The molecule has 0 unspecified atom stereocenters. The van der Waals surface area contributed by atoms with E-state index < -0.39 is 0 Å². The number of methoxy groups -OCH3 is 1. The standard InChI is InChI=1S/C19H20BrNO4/c1-4-9-25-18-16(20)10-14(11-17(18)24-3)19(23)21-15-7-5-13(6-8-15)12(2)22/h5-8,10-11H,4,9H2,1-3H3,(H,21,23). The minimum Gasteiger partial charge on any atom is -0.493 e. The summed E-state index contributed by atoms with van der Waals surface area (Å²) in [5, 5.41) is 2.80. The fourth-order valence-corrected chi connectivity index (χ4v) is 2.74. The second kappa shape index (κ2) is 8.67. The molecule has 0 fully saturated rings.